The quantitative estimate of drug-likeness (QED) is 0.302. The van der Waals surface area contributed by atoms with Gasteiger partial charge in [0.2, 0.25) is 0 Å². The Labute approximate surface area is 248 Å². The van der Waals surface area contributed by atoms with E-state index >= 15 is 0 Å². The first-order valence-corrected chi connectivity index (χ1v) is 14.4. The molecule has 0 bridgehead atoms. The number of hydrogen-bond donors (Lipinski definition) is 1. The van der Waals surface area contributed by atoms with E-state index in [0.29, 0.717) is 36.6 Å². The minimum Gasteiger partial charge on any atom is -0.490 e. The molecule has 2 aromatic heterocycles. The number of aliphatic hydroxyl groups excluding tert-OH is 1. The first-order chi connectivity index (χ1) is 21.0. The summed E-state index contributed by atoms with van der Waals surface area (Å²) < 4.78 is 22.2. The fourth-order valence-corrected chi connectivity index (χ4v) is 6.43. The zero-order chi connectivity index (χ0) is 29.5. The van der Waals surface area contributed by atoms with Crippen LogP contribution in [0.5, 0.6) is 5.75 Å². The number of piperidine rings is 1. The second-order valence-electron chi connectivity index (χ2n) is 11.1. The molecule has 10 heteroatoms. The van der Waals surface area contributed by atoms with Crippen LogP contribution in [0.3, 0.4) is 0 Å². The van der Waals surface area contributed by atoms with Gasteiger partial charge in [-0.2, -0.15) is 0 Å². The molecule has 0 radical (unpaired) electrons. The van der Waals surface area contributed by atoms with Crippen LogP contribution in [0.4, 0.5) is 4.39 Å². The number of amides is 1. The summed E-state index contributed by atoms with van der Waals surface area (Å²) >= 11 is 0. The number of likely N-dealkylation sites (N-methyl/N-ethyl adjacent to an activating group) is 1. The summed E-state index contributed by atoms with van der Waals surface area (Å²) in [5.41, 5.74) is 4.73. The highest BCUT2D eigenvalue weighted by Crippen LogP contribution is 2.39. The van der Waals surface area contributed by atoms with Crippen LogP contribution in [0.15, 0.2) is 79.1 Å². The van der Waals surface area contributed by atoms with Crippen molar-refractivity contribution in [2.45, 2.75) is 25.0 Å². The molecule has 218 valence electrons. The van der Waals surface area contributed by atoms with Crippen molar-refractivity contribution in [1.82, 2.24) is 29.3 Å². The van der Waals surface area contributed by atoms with E-state index in [1.54, 1.807) is 24.5 Å². The van der Waals surface area contributed by atoms with Crippen molar-refractivity contribution in [2.24, 2.45) is 0 Å². The largest absolute Gasteiger partial charge is 0.490 e. The van der Waals surface area contributed by atoms with E-state index in [2.05, 4.69) is 32.5 Å². The second-order valence-corrected chi connectivity index (χ2v) is 11.1. The predicted molar refractivity (Wildman–Crippen MR) is 160 cm³/mol. The van der Waals surface area contributed by atoms with Crippen LogP contribution in [-0.4, -0.2) is 79.7 Å². The number of fused-ring (bicyclic) bond motifs is 2. The Morgan fingerprint density at radius 3 is 2.63 bits per heavy atom. The van der Waals surface area contributed by atoms with E-state index in [-0.39, 0.29) is 31.2 Å². The highest BCUT2D eigenvalue weighted by molar-refractivity contribution is 5.98. The third-order valence-electron chi connectivity index (χ3n) is 8.29. The highest BCUT2D eigenvalue weighted by atomic mass is 19.1. The molecular weight excluding hydrogens is 547 g/mol. The van der Waals surface area contributed by atoms with Gasteiger partial charge in [-0.3, -0.25) is 4.79 Å². The van der Waals surface area contributed by atoms with Crippen LogP contribution in [0, 0.1) is 5.82 Å². The van der Waals surface area contributed by atoms with Crippen molar-refractivity contribution < 1.29 is 19.0 Å². The monoisotopic (exact) mass is 578 g/mol. The molecule has 1 fully saturated rings. The SMILES string of the molecule is CN1C[C@H](N2Cc3ccc(F)cc3C2=O)C[C@H](n2c(-c3ccccc3OCCO)nc3ccc(-c4ncccn4)cc32)C1. The molecule has 2 atom stereocenters. The number of aliphatic hydroxyl groups is 1. The van der Waals surface area contributed by atoms with Crippen molar-refractivity contribution in [1.29, 1.82) is 0 Å². The molecule has 2 aliphatic heterocycles. The maximum Gasteiger partial charge on any atom is 0.254 e. The molecule has 2 aliphatic rings. The predicted octanol–water partition coefficient (Wildman–Crippen LogP) is 4.57. The molecule has 4 heterocycles. The number of halogens is 1. The summed E-state index contributed by atoms with van der Waals surface area (Å²) in [4.78, 5) is 31.6. The Hall–Kier alpha value is -4.67. The van der Waals surface area contributed by atoms with Gasteiger partial charge in [0, 0.05) is 49.2 Å². The minimum atomic E-state index is -0.401. The molecule has 0 saturated carbocycles. The van der Waals surface area contributed by atoms with Crippen LogP contribution < -0.4 is 4.74 Å². The Morgan fingerprint density at radius 1 is 0.977 bits per heavy atom. The van der Waals surface area contributed by atoms with Crippen molar-refractivity contribution in [2.75, 3.05) is 33.4 Å². The molecule has 7 rings (SSSR count). The van der Waals surface area contributed by atoms with Gasteiger partial charge in [0.25, 0.3) is 5.91 Å². The third-order valence-corrected chi connectivity index (χ3v) is 8.29. The number of nitrogens with zero attached hydrogens (tertiary/aromatic N) is 6. The van der Waals surface area contributed by atoms with Gasteiger partial charge in [0.15, 0.2) is 5.82 Å². The van der Waals surface area contributed by atoms with Crippen LogP contribution in [0.2, 0.25) is 0 Å². The van der Waals surface area contributed by atoms with Gasteiger partial charge in [-0.1, -0.05) is 18.2 Å². The van der Waals surface area contributed by atoms with E-state index in [9.17, 15) is 14.3 Å². The number of imidazole rings is 1. The van der Waals surface area contributed by atoms with Gasteiger partial charge in [0.05, 0.1) is 29.2 Å². The van der Waals surface area contributed by atoms with Crippen molar-refractivity contribution in [3.05, 3.63) is 96.1 Å². The minimum absolute atomic E-state index is 0.0464. The molecule has 1 N–H and O–H groups in total. The van der Waals surface area contributed by atoms with Gasteiger partial charge in [0.1, 0.15) is 24.0 Å². The van der Waals surface area contributed by atoms with Gasteiger partial charge in [-0.05, 0) is 67.6 Å². The zero-order valence-electron chi connectivity index (χ0n) is 23.7. The molecule has 0 spiro atoms. The van der Waals surface area contributed by atoms with E-state index in [0.717, 1.165) is 40.1 Å². The summed E-state index contributed by atoms with van der Waals surface area (Å²) in [6.07, 6.45) is 4.14. The summed E-state index contributed by atoms with van der Waals surface area (Å²) in [5, 5.41) is 9.45. The van der Waals surface area contributed by atoms with Crippen molar-refractivity contribution in [3.63, 3.8) is 0 Å². The number of rotatable bonds is 7. The molecule has 3 aromatic carbocycles. The van der Waals surface area contributed by atoms with Crippen LogP contribution in [-0.2, 0) is 6.54 Å². The van der Waals surface area contributed by atoms with E-state index < -0.39 is 5.82 Å². The molecule has 1 amide bonds. The summed E-state index contributed by atoms with van der Waals surface area (Å²) in [7, 11) is 2.06. The zero-order valence-corrected chi connectivity index (χ0v) is 23.7. The van der Waals surface area contributed by atoms with E-state index in [1.165, 1.54) is 12.1 Å². The Kier molecular flexibility index (Phi) is 7.08. The summed E-state index contributed by atoms with van der Waals surface area (Å²) in [5.74, 6) is 1.47. The number of carbonyl (C=O) groups excluding carboxylic acids is 1. The Morgan fingerprint density at radius 2 is 1.79 bits per heavy atom. The fraction of sp³-hybridized carbons (Fsp3) is 0.273. The summed E-state index contributed by atoms with van der Waals surface area (Å²) in [6, 6.07) is 19.9. The fourth-order valence-electron chi connectivity index (χ4n) is 6.43. The smallest absolute Gasteiger partial charge is 0.254 e. The normalized spacial score (nSPS) is 18.8. The molecule has 43 heavy (non-hydrogen) atoms. The lowest BCUT2D eigenvalue weighted by atomic mass is 9.98. The lowest BCUT2D eigenvalue weighted by Crippen LogP contribution is -2.50. The number of likely N-dealkylation sites (tertiary alicyclic amines) is 1. The van der Waals surface area contributed by atoms with Gasteiger partial charge in [-0.15, -0.1) is 0 Å². The maximum atomic E-state index is 14.0. The number of ether oxygens (including phenoxy) is 1. The molecule has 9 nitrogen and oxygen atoms in total. The standard InChI is InChI=1S/C33H31FN6O3/c1-38-19-24(39-18-22-7-9-23(34)16-27(22)33(39)42)17-25(20-38)40-29-15-21(31-35-11-4-12-36-31)8-10-28(29)37-32(40)26-5-2-3-6-30(26)43-14-13-41/h2-12,15-16,24-25,41H,13-14,17-20H2,1H3/t24-,25+/m1/s1. The van der Waals surface area contributed by atoms with Crippen molar-refractivity contribution >= 4 is 16.9 Å². The van der Waals surface area contributed by atoms with Crippen molar-refractivity contribution in [3.8, 4) is 28.5 Å². The lowest BCUT2D eigenvalue weighted by Gasteiger charge is -2.41. The molecule has 5 aromatic rings. The first kappa shape index (κ1) is 27.2. The number of hydrogen-bond acceptors (Lipinski definition) is 7. The Balaban J connectivity index is 1.34. The van der Waals surface area contributed by atoms with Gasteiger partial charge >= 0.3 is 0 Å². The highest BCUT2D eigenvalue weighted by Gasteiger charge is 2.38. The van der Waals surface area contributed by atoms with Crippen LogP contribution >= 0.6 is 0 Å². The van der Waals surface area contributed by atoms with E-state index in [1.807, 2.05) is 41.3 Å². The number of para-hydroxylation sites is 1. The van der Waals surface area contributed by atoms with Gasteiger partial charge in [-0.25, -0.2) is 19.3 Å². The molecule has 1 saturated heterocycles. The summed E-state index contributed by atoms with van der Waals surface area (Å²) in [6.45, 7) is 1.98. The number of benzene rings is 3. The van der Waals surface area contributed by atoms with Crippen LogP contribution in [0.25, 0.3) is 33.8 Å². The average molecular weight is 579 g/mol. The van der Waals surface area contributed by atoms with Gasteiger partial charge < -0.3 is 24.2 Å². The lowest BCUT2D eigenvalue weighted by molar-refractivity contribution is 0.0532. The molecule has 0 aliphatic carbocycles. The third kappa shape index (κ3) is 5.02. The second kappa shape index (κ2) is 11.2. The Bertz CT molecular complexity index is 1810. The topological polar surface area (TPSA) is 96.6 Å². The number of carbonyl (C=O) groups is 1. The first-order valence-electron chi connectivity index (χ1n) is 14.4. The molecule has 0 unspecified atom stereocenters. The average Bonchev–Trinajstić information content (AvgIpc) is 3.57. The van der Waals surface area contributed by atoms with Crippen LogP contribution in [0.1, 0.15) is 28.4 Å². The number of aromatic nitrogens is 4. The molecular formula is C33H31FN6O3. The maximum absolute atomic E-state index is 14.0. The van der Waals surface area contributed by atoms with E-state index in [4.69, 9.17) is 9.72 Å².